The number of para-hydroxylation sites is 1. The number of hydrogen-bond donors (Lipinski definition) is 0. The molecule has 12 aromatic rings. The van der Waals surface area contributed by atoms with Gasteiger partial charge in [-0.05, 0) is 116 Å². The molecule has 0 saturated carbocycles. The number of furan rings is 1. The molecular formula is C56H35NOS. The summed E-state index contributed by atoms with van der Waals surface area (Å²) >= 11 is 1.85. The summed E-state index contributed by atoms with van der Waals surface area (Å²) in [7, 11) is 0. The minimum atomic E-state index is 0.895. The van der Waals surface area contributed by atoms with E-state index in [9.17, 15) is 0 Å². The van der Waals surface area contributed by atoms with Gasteiger partial charge < -0.3 is 9.32 Å². The highest BCUT2D eigenvalue weighted by Gasteiger charge is 2.18. The maximum absolute atomic E-state index is 6.50. The number of fused-ring (bicyclic) bond motifs is 9. The van der Waals surface area contributed by atoms with E-state index in [2.05, 4.69) is 211 Å². The van der Waals surface area contributed by atoms with Crippen molar-refractivity contribution in [2.24, 2.45) is 0 Å². The van der Waals surface area contributed by atoms with Gasteiger partial charge in [0.25, 0.3) is 0 Å². The Morgan fingerprint density at radius 3 is 1.75 bits per heavy atom. The molecule has 10 aromatic carbocycles. The van der Waals surface area contributed by atoms with Gasteiger partial charge in [-0.3, -0.25) is 0 Å². The zero-order valence-electron chi connectivity index (χ0n) is 32.0. The van der Waals surface area contributed by atoms with Crippen molar-refractivity contribution in [1.82, 2.24) is 0 Å². The molecule has 0 amide bonds. The minimum absolute atomic E-state index is 0.895. The van der Waals surface area contributed by atoms with E-state index in [0.29, 0.717) is 0 Å². The van der Waals surface area contributed by atoms with E-state index in [1.165, 1.54) is 52.8 Å². The van der Waals surface area contributed by atoms with Gasteiger partial charge in [0, 0.05) is 53.6 Å². The number of thiophene rings is 1. The van der Waals surface area contributed by atoms with Gasteiger partial charge in [-0.1, -0.05) is 146 Å². The lowest BCUT2D eigenvalue weighted by Gasteiger charge is -2.26. The van der Waals surface area contributed by atoms with Gasteiger partial charge >= 0.3 is 0 Å². The lowest BCUT2D eigenvalue weighted by molar-refractivity contribution is 0.670. The predicted octanol–water partition coefficient (Wildman–Crippen LogP) is 16.7. The third-order valence-electron chi connectivity index (χ3n) is 11.9. The van der Waals surface area contributed by atoms with Gasteiger partial charge in [-0.25, -0.2) is 0 Å². The molecule has 0 aliphatic heterocycles. The van der Waals surface area contributed by atoms with E-state index in [1.54, 1.807) is 0 Å². The maximum Gasteiger partial charge on any atom is 0.143 e. The lowest BCUT2D eigenvalue weighted by Crippen LogP contribution is -2.09. The van der Waals surface area contributed by atoms with E-state index in [0.717, 1.165) is 61.3 Å². The molecule has 0 saturated heterocycles. The molecule has 0 atom stereocenters. The van der Waals surface area contributed by atoms with E-state index >= 15 is 0 Å². The van der Waals surface area contributed by atoms with Gasteiger partial charge in [0.2, 0.25) is 0 Å². The largest absolute Gasteiger partial charge is 0.455 e. The van der Waals surface area contributed by atoms with Crippen molar-refractivity contribution in [3.8, 4) is 33.4 Å². The van der Waals surface area contributed by atoms with E-state index in [1.807, 2.05) is 17.4 Å². The number of nitrogens with zero attached hydrogens (tertiary/aromatic N) is 1. The molecule has 0 aliphatic carbocycles. The molecule has 12 rings (SSSR count). The lowest BCUT2D eigenvalue weighted by atomic mass is 9.93. The van der Waals surface area contributed by atoms with Gasteiger partial charge in [0.05, 0.1) is 0 Å². The van der Waals surface area contributed by atoms with Crippen LogP contribution in [0.2, 0.25) is 0 Å². The van der Waals surface area contributed by atoms with Gasteiger partial charge in [-0.2, -0.15) is 0 Å². The fourth-order valence-electron chi connectivity index (χ4n) is 9.01. The molecule has 2 heterocycles. The Balaban J connectivity index is 0.960. The summed E-state index contributed by atoms with van der Waals surface area (Å²) in [6.45, 7) is 0. The smallest absolute Gasteiger partial charge is 0.143 e. The van der Waals surface area contributed by atoms with Crippen LogP contribution < -0.4 is 4.90 Å². The van der Waals surface area contributed by atoms with Crippen LogP contribution in [0.3, 0.4) is 0 Å². The van der Waals surface area contributed by atoms with E-state index in [-0.39, 0.29) is 0 Å². The number of hydrogen-bond acceptors (Lipinski definition) is 3. The van der Waals surface area contributed by atoms with Crippen LogP contribution in [0.15, 0.2) is 217 Å². The number of anilines is 3. The SMILES string of the molecule is c1ccc(-c2cccc3c2oc2ccc(-c4ccc(N(c5ccc(-c6cc7ccccc7c7ccccc67)cc5)c5ccc6sc7ccccc7c6c5)cc4)cc23)cc1. The van der Waals surface area contributed by atoms with Crippen molar-refractivity contribution in [2.75, 3.05) is 4.90 Å². The van der Waals surface area contributed by atoms with Crippen LogP contribution in [0.5, 0.6) is 0 Å². The van der Waals surface area contributed by atoms with Crippen LogP contribution in [0.1, 0.15) is 0 Å². The second-order valence-corrected chi connectivity index (χ2v) is 16.3. The van der Waals surface area contributed by atoms with Crippen molar-refractivity contribution >= 4 is 92.1 Å². The third kappa shape index (κ3) is 5.62. The Morgan fingerprint density at radius 1 is 0.322 bits per heavy atom. The molecule has 276 valence electrons. The van der Waals surface area contributed by atoms with Crippen molar-refractivity contribution < 1.29 is 4.42 Å². The molecule has 3 heteroatoms. The number of benzene rings is 10. The predicted molar refractivity (Wildman–Crippen MR) is 253 cm³/mol. The first-order chi connectivity index (χ1) is 29.2. The molecule has 0 bridgehead atoms. The molecule has 0 fully saturated rings. The zero-order chi connectivity index (χ0) is 38.9. The van der Waals surface area contributed by atoms with Gasteiger partial charge in [0.15, 0.2) is 0 Å². The number of rotatable bonds is 6. The zero-order valence-corrected chi connectivity index (χ0v) is 32.8. The fourth-order valence-corrected chi connectivity index (χ4v) is 10.1. The first-order valence-corrected chi connectivity index (χ1v) is 20.9. The molecule has 0 spiro atoms. The molecule has 0 radical (unpaired) electrons. The van der Waals surface area contributed by atoms with Crippen LogP contribution in [0.25, 0.3) is 97.0 Å². The van der Waals surface area contributed by atoms with Crippen molar-refractivity contribution in [1.29, 1.82) is 0 Å². The van der Waals surface area contributed by atoms with Crippen molar-refractivity contribution in [3.05, 3.63) is 212 Å². The molecule has 59 heavy (non-hydrogen) atoms. The minimum Gasteiger partial charge on any atom is -0.455 e. The summed E-state index contributed by atoms with van der Waals surface area (Å²) in [5.41, 5.74) is 12.2. The molecule has 0 N–H and O–H groups in total. The highest BCUT2D eigenvalue weighted by atomic mass is 32.1. The fraction of sp³-hybridized carbons (Fsp3) is 0. The molecule has 0 unspecified atom stereocenters. The van der Waals surface area contributed by atoms with Crippen LogP contribution in [0.4, 0.5) is 17.1 Å². The Morgan fingerprint density at radius 2 is 0.932 bits per heavy atom. The topological polar surface area (TPSA) is 16.4 Å². The molecule has 2 aromatic heterocycles. The maximum atomic E-state index is 6.50. The summed E-state index contributed by atoms with van der Waals surface area (Å²) in [6.07, 6.45) is 0. The van der Waals surface area contributed by atoms with E-state index < -0.39 is 0 Å². The first kappa shape index (κ1) is 33.7. The standard InChI is InChI=1S/C56H35NOS/c1-2-11-37(12-3-1)45-18-10-19-49-51-33-39(25-31-53(51)58-56(45)49)36-21-26-41(27-22-36)57(43-30-32-55-52(35-43)48-17-8-9-20-54(48)59-55)42-28-23-38(24-29-42)50-34-40-13-4-5-14-44(40)46-15-6-7-16-47(46)50/h1-35H. The first-order valence-electron chi connectivity index (χ1n) is 20.1. The average molecular weight is 770 g/mol. The van der Waals surface area contributed by atoms with Gasteiger partial charge in [-0.15, -0.1) is 11.3 Å². The summed E-state index contributed by atoms with van der Waals surface area (Å²) < 4.78 is 9.10. The molecule has 2 nitrogen and oxygen atoms in total. The Labute approximate surface area is 345 Å². The average Bonchev–Trinajstić information content (AvgIpc) is 3.88. The Hall–Kier alpha value is -7.46. The van der Waals surface area contributed by atoms with Crippen LogP contribution >= 0.6 is 11.3 Å². The molecular weight excluding hydrogens is 735 g/mol. The van der Waals surface area contributed by atoms with E-state index in [4.69, 9.17) is 4.42 Å². The quantitative estimate of drug-likeness (QED) is 0.157. The monoisotopic (exact) mass is 769 g/mol. The second-order valence-electron chi connectivity index (χ2n) is 15.3. The Bertz CT molecular complexity index is 3540. The van der Waals surface area contributed by atoms with Crippen LogP contribution in [-0.4, -0.2) is 0 Å². The summed E-state index contributed by atoms with van der Waals surface area (Å²) in [4.78, 5) is 2.38. The van der Waals surface area contributed by atoms with Crippen LogP contribution in [-0.2, 0) is 0 Å². The summed E-state index contributed by atoms with van der Waals surface area (Å²) in [6, 6.07) is 77.0. The Kier molecular flexibility index (Phi) is 7.75. The summed E-state index contributed by atoms with van der Waals surface area (Å²) in [5, 5.41) is 9.89. The van der Waals surface area contributed by atoms with Crippen LogP contribution in [0, 0.1) is 0 Å². The van der Waals surface area contributed by atoms with Crippen molar-refractivity contribution in [2.45, 2.75) is 0 Å². The normalized spacial score (nSPS) is 11.7. The third-order valence-corrected chi connectivity index (χ3v) is 13.0. The van der Waals surface area contributed by atoms with Gasteiger partial charge in [0.1, 0.15) is 11.2 Å². The highest BCUT2D eigenvalue weighted by Crippen LogP contribution is 2.43. The summed E-state index contributed by atoms with van der Waals surface area (Å²) in [5.74, 6) is 0. The molecule has 0 aliphatic rings. The highest BCUT2D eigenvalue weighted by molar-refractivity contribution is 7.25. The second kappa shape index (κ2) is 13.6. The van der Waals surface area contributed by atoms with Crippen molar-refractivity contribution in [3.63, 3.8) is 0 Å².